The molecule has 1 aromatic rings. The fraction of sp³-hybridized carbons (Fsp3) is 0.552. The molecule has 2 saturated carbocycles. The first kappa shape index (κ1) is 26.0. The minimum atomic E-state index is -2.64. The molecule has 3 fully saturated rings. The number of rotatable bonds is 4. The number of hydrogen-bond acceptors (Lipinski definition) is 9. The number of hydrogen-bond donors (Lipinski definition) is 6. The molecule has 5 aliphatic rings. The van der Waals surface area contributed by atoms with Crippen molar-refractivity contribution in [2.75, 3.05) is 13.2 Å². The lowest BCUT2D eigenvalue weighted by Gasteiger charge is -2.50. The van der Waals surface area contributed by atoms with Gasteiger partial charge >= 0.3 is 0 Å². The van der Waals surface area contributed by atoms with E-state index in [1.165, 1.54) is 6.07 Å². The van der Waals surface area contributed by atoms with E-state index >= 15 is 0 Å². The molecule has 4 atom stereocenters. The summed E-state index contributed by atoms with van der Waals surface area (Å²) in [7, 11) is 0. The predicted molar refractivity (Wildman–Crippen MR) is 139 cm³/mol. The van der Waals surface area contributed by atoms with E-state index in [9.17, 15) is 34.8 Å². The molecule has 10 heteroatoms. The molecule has 1 aromatic carbocycles. The zero-order valence-electron chi connectivity index (χ0n) is 21.6. The van der Waals surface area contributed by atoms with Crippen LogP contribution in [0.3, 0.4) is 0 Å². The van der Waals surface area contributed by atoms with Crippen LogP contribution < -0.4 is 11.1 Å². The summed E-state index contributed by atoms with van der Waals surface area (Å²) in [4.78, 5) is 39.9. The first-order chi connectivity index (χ1) is 18.6. The van der Waals surface area contributed by atoms with Crippen molar-refractivity contribution in [3.63, 3.8) is 0 Å². The zero-order valence-corrected chi connectivity index (χ0v) is 21.6. The van der Waals surface area contributed by atoms with Crippen molar-refractivity contribution in [1.82, 2.24) is 5.32 Å². The lowest BCUT2D eigenvalue weighted by atomic mass is 9.57. The van der Waals surface area contributed by atoms with E-state index in [0.29, 0.717) is 32.5 Å². The average molecular weight is 539 g/mol. The highest BCUT2D eigenvalue weighted by Crippen LogP contribution is 2.53. The predicted octanol–water partition coefficient (Wildman–Crippen LogP) is 1.83. The van der Waals surface area contributed by atoms with Crippen LogP contribution in [0.2, 0.25) is 0 Å². The third-order valence-corrected chi connectivity index (χ3v) is 9.55. The average Bonchev–Trinajstić information content (AvgIpc) is 3.44. The van der Waals surface area contributed by atoms with Crippen LogP contribution in [0.1, 0.15) is 67.6 Å². The summed E-state index contributed by atoms with van der Waals surface area (Å²) >= 11 is 0. The summed E-state index contributed by atoms with van der Waals surface area (Å²) in [5.41, 5.74) is 3.86. The van der Waals surface area contributed by atoms with Crippen molar-refractivity contribution in [1.29, 1.82) is 0 Å². The topological polar surface area (TPSA) is 179 Å². The van der Waals surface area contributed by atoms with Gasteiger partial charge in [0.1, 0.15) is 22.8 Å². The number of primary amides is 1. The van der Waals surface area contributed by atoms with Gasteiger partial charge in [-0.1, -0.05) is 18.9 Å². The number of aromatic hydroxyl groups is 1. The quantitative estimate of drug-likeness (QED) is 0.312. The normalized spacial score (nSPS) is 31.8. The second-order valence-corrected chi connectivity index (χ2v) is 11.6. The van der Waals surface area contributed by atoms with Crippen molar-refractivity contribution >= 4 is 23.2 Å². The van der Waals surface area contributed by atoms with Gasteiger partial charge in [-0.15, -0.1) is 0 Å². The third-order valence-electron chi connectivity index (χ3n) is 9.55. The standard InChI is InChI=1S/C29H34N2O8/c30-28(37)22-25(34)23(31-15-7-9-39-10-8-15)18-12-14-11-17-16(13-3-1-2-4-13)5-6-19(32)21(17)24(33)20(14)26(35)29(18,38)27(22)36/h5-6,13-15,18,23,31-33,36,38H,1-4,7-12H2,(H2,30,37)/t14-,18-,23+,29-/m0/s1. The highest BCUT2D eigenvalue weighted by Gasteiger charge is 2.64. The molecule has 4 aliphatic carbocycles. The summed E-state index contributed by atoms with van der Waals surface area (Å²) in [6.45, 7) is 0.952. The molecule has 208 valence electrons. The number of carbonyl (C=O) groups is 3. The van der Waals surface area contributed by atoms with Gasteiger partial charge in [0.05, 0.1) is 11.6 Å². The molecule has 1 aliphatic heterocycles. The van der Waals surface area contributed by atoms with Crippen molar-refractivity contribution in [2.24, 2.45) is 17.6 Å². The lowest BCUT2D eigenvalue weighted by Crippen LogP contribution is -2.67. The Morgan fingerprint density at radius 3 is 2.38 bits per heavy atom. The van der Waals surface area contributed by atoms with E-state index in [4.69, 9.17) is 10.5 Å². The number of ether oxygens (including phenoxy) is 1. The summed E-state index contributed by atoms with van der Waals surface area (Å²) < 4.78 is 5.41. The minimum absolute atomic E-state index is 0.0869. The molecule has 6 rings (SSSR count). The van der Waals surface area contributed by atoms with Crippen LogP contribution in [-0.4, -0.2) is 68.8 Å². The monoisotopic (exact) mass is 538 g/mol. The number of nitrogens with one attached hydrogen (secondary N) is 1. The number of aliphatic hydroxyl groups is 3. The number of phenols is 1. The van der Waals surface area contributed by atoms with Crippen LogP contribution in [0.25, 0.3) is 5.76 Å². The smallest absolute Gasteiger partial charge is 0.255 e. The molecule has 0 radical (unpaired) electrons. The van der Waals surface area contributed by atoms with Crippen LogP contribution in [0.5, 0.6) is 5.75 Å². The maximum Gasteiger partial charge on any atom is 0.255 e. The van der Waals surface area contributed by atoms with Crippen LogP contribution in [0, 0.1) is 11.8 Å². The van der Waals surface area contributed by atoms with Crippen LogP contribution in [-0.2, 0) is 25.5 Å². The Labute approximate surface area is 225 Å². The van der Waals surface area contributed by atoms with Gasteiger partial charge in [-0.25, -0.2) is 0 Å². The number of ketones is 2. The molecule has 39 heavy (non-hydrogen) atoms. The number of fused-ring (bicyclic) bond motifs is 3. The fourth-order valence-corrected chi connectivity index (χ4v) is 7.63. The summed E-state index contributed by atoms with van der Waals surface area (Å²) in [6, 6.07) is 2.09. The Balaban J connectivity index is 1.48. The zero-order chi connectivity index (χ0) is 27.6. The molecule has 1 saturated heterocycles. The fourth-order valence-electron chi connectivity index (χ4n) is 7.63. The number of nitrogens with two attached hydrogens (primary N) is 1. The maximum absolute atomic E-state index is 14.1. The molecular formula is C29H34N2O8. The van der Waals surface area contributed by atoms with E-state index in [1.807, 2.05) is 6.07 Å². The van der Waals surface area contributed by atoms with Crippen LogP contribution in [0.15, 0.2) is 29.0 Å². The van der Waals surface area contributed by atoms with Crippen molar-refractivity contribution in [3.8, 4) is 5.75 Å². The number of benzene rings is 1. The Hall–Kier alpha value is -3.21. The Bertz CT molecular complexity index is 1320. The molecule has 7 N–H and O–H groups in total. The highest BCUT2D eigenvalue weighted by molar-refractivity contribution is 6.24. The molecule has 0 spiro atoms. The van der Waals surface area contributed by atoms with E-state index in [1.54, 1.807) is 0 Å². The lowest BCUT2D eigenvalue weighted by molar-refractivity contribution is -0.150. The van der Waals surface area contributed by atoms with Gasteiger partial charge in [-0.3, -0.25) is 14.4 Å². The van der Waals surface area contributed by atoms with Crippen molar-refractivity contribution in [3.05, 3.63) is 45.7 Å². The van der Waals surface area contributed by atoms with Crippen LogP contribution in [0.4, 0.5) is 0 Å². The third kappa shape index (κ3) is 3.83. The van der Waals surface area contributed by atoms with Gasteiger partial charge in [0.15, 0.2) is 11.4 Å². The van der Waals surface area contributed by atoms with Gasteiger partial charge in [0, 0.05) is 30.7 Å². The van der Waals surface area contributed by atoms with E-state index in [2.05, 4.69) is 5.32 Å². The number of carbonyl (C=O) groups excluding carboxylic acids is 3. The Kier molecular flexibility index (Phi) is 6.32. The summed E-state index contributed by atoms with van der Waals surface area (Å²) in [6.07, 6.45) is 5.80. The minimum Gasteiger partial charge on any atom is -0.508 e. The van der Waals surface area contributed by atoms with Gasteiger partial charge in [0.25, 0.3) is 5.91 Å². The molecule has 0 bridgehead atoms. The second kappa shape index (κ2) is 9.46. The number of aliphatic hydroxyl groups excluding tert-OH is 2. The van der Waals surface area contributed by atoms with Crippen molar-refractivity contribution < 1.29 is 39.5 Å². The van der Waals surface area contributed by atoms with Crippen LogP contribution >= 0.6 is 0 Å². The molecule has 1 heterocycles. The van der Waals surface area contributed by atoms with Crippen molar-refractivity contribution in [2.45, 2.75) is 75.0 Å². The number of amides is 1. The van der Waals surface area contributed by atoms with Gasteiger partial charge in [-0.2, -0.15) is 0 Å². The number of phenolic OH excluding ortho intramolecular Hbond substituents is 1. The Morgan fingerprint density at radius 1 is 1.03 bits per heavy atom. The summed E-state index contributed by atoms with van der Waals surface area (Å²) in [5, 5.41) is 48.3. The molecular weight excluding hydrogens is 504 g/mol. The molecule has 1 amide bonds. The molecule has 10 nitrogen and oxygen atoms in total. The summed E-state index contributed by atoms with van der Waals surface area (Å²) in [5.74, 6) is -6.05. The SMILES string of the molecule is NC(=O)C1=C(O)[C@@]2(O)C(=O)C3=C(O)c4c(O)ccc(C5CCCC5)c4C[C@H]3C[C@H]2[C@@H](NC2CCOCC2)C1=O. The van der Waals surface area contributed by atoms with E-state index in [-0.39, 0.29) is 35.3 Å². The largest absolute Gasteiger partial charge is 0.508 e. The van der Waals surface area contributed by atoms with Gasteiger partial charge in [0.2, 0.25) is 5.78 Å². The van der Waals surface area contributed by atoms with E-state index < -0.39 is 58.0 Å². The highest BCUT2D eigenvalue weighted by atomic mass is 16.5. The molecule has 0 aromatic heterocycles. The van der Waals surface area contributed by atoms with Gasteiger partial charge in [-0.05, 0) is 67.6 Å². The first-order valence-electron chi connectivity index (χ1n) is 13.8. The number of Topliss-reactive ketones (excluding diaryl/α,β-unsaturated/α-hetero) is 2. The second-order valence-electron chi connectivity index (χ2n) is 11.6. The Morgan fingerprint density at radius 2 is 1.72 bits per heavy atom. The maximum atomic E-state index is 14.1. The van der Waals surface area contributed by atoms with Gasteiger partial charge < -0.3 is 36.2 Å². The first-order valence-corrected chi connectivity index (χ1v) is 13.8. The molecule has 0 unspecified atom stereocenters. The van der Waals surface area contributed by atoms with E-state index in [0.717, 1.165) is 36.8 Å².